The number of nitrogens with one attached hydrogen (secondary N) is 2. The van der Waals surface area contributed by atoms with Crippen molar-refractivity contribution >= 4 is 29.0 Å². The molecule has 136 valence electrons. The van der Waals surface area contributed by atoms with Crippen LogP contribution >= 0.6 is 0 Å². The molecule has 0 bridgehead atoms. The summed E-state index contributed by atoms with van der Waals surface area (Å²) in [6.45, 7) is 5.58. The number of carbonyl (C=O) groups excluding carboxylic acids is 2. The molecule has 2 heterocycles. The third-order valence-electron chi connectivity index (χ3n) is 4.33. The maximum absolute atomic E-state index is 12.5. The predicted molar refractivity (Wildman–Crippen MR) is 101 cm³/mol. The molecule has 26 heavy (non-hydrogen) atoms. The average molecular weight is 353 g/mol. The molecule has 1 saturated heterocycles. The van der Waals surface area contributed by atoms with Crippen molar-refractivity contribution in [3.63, 3.8) is 0 Å². The molecule has 1 aromatic carbocycles. The maximum atomic E-state index is 12.5. The third kappa shape index (κ3) is 4.56. The molecule has 1 unspecified atom stereocenters. The van der Waals surface area contributed by atoms with Gasteiger partial charge in [-0.1, -0.05) is 6.92 Å². The molecule has 0 aliphatic carbocycles. The van der Waals surface area contributed by atoms with Crippen molar-refractivity contribution in [2.24, 2.45) is 5.92 Å². The quantitative estimate of drug-likeness (QED) is 0.882. The first-order chi connectivity index (χ1) is 12.5. The maximum Gasteiger partial charge on any atom is 0.274 e. The standard InChI is InChI=1S/C19H23N5O2/c1-13-4-3-9-24(11-13)18-10-17(20-12-21-18)19(26)23-16-7-5-15(6-8-16)22-14(2)25/h5-8,10,12-13H,3-4,9,11H2,1-2H3,(H,22,25)(H,23,26). The van der Waals surface area contributed by atoms with Crippen molar-refractivity contribution in [3.8, 4) is 0 Å². The molecule has 2 N–H and O–H groups in total. The van der Waals surface area contributed by atoms with Crippen molar-refractivity contribution < 1.29 is 9.59 Å². The number of carbonyl (C=O) groups is 2. The van der Waals surface area contributed by atoms with Crippen LogP contribution in [0, 0.1) is 5.92 Å². The number of hydrogen-bond donors (Lipinski definition) is 2. The molecule has 1 aliphatic heterocycles. The second-order valence-corrected chi connectivity index (χ2v) is 6.67. The third-order valence-corrected chi connectivity index (χ3v) is 4.33. The summed E-state index contributed by atoms with van der Waals surface area (Å²) < 4.78 is 0. The van der Waals surface area contributed by atoms with Crippen LogP contribution in [-0.2, 0) is 4.79 Å². The highest BCUT2D eigenvalue weighted by Gasteiger charge is 2.19. The zero-order chi connectivity index (χ0) is 18.5. The lowest BCUT2D eigenvalue weighted by atomic mass is 10.0. The molecule has 0 saturated carbocycles. The Morgan fingerprint density at radius 3 is 2.46 bits per heavy atom. The van der Waals surface area contributed by atoms with Crippen molar-refractivity contribution in [2.75, 3.05) is 28.6 Å². The molecule has 0 spiro atoms. The van der Waals surface area contributed by atoms with Crippen molar-refractivity contribution in [1.29, 1.82) is 0 Å². The van der Waals surface area contributed by atoms with Gasteiger partial charge in [0, 0.05) is 37.5 Å². The second-order valence-electron chi connectivity index (χ2n) is 6.67. The highest BCUT2D eigenvalue weighted by atomic mass is 16.2. The van der Waals surface area contributed by atoms with E-state index in [4.69, 9.17) is 0 Å². The lowest BCUT2D eigenvalue weighted by Gasteiger charge is -2.31. The Morgan fingerprint density at radius 1 is 1.12 bits per heavy atom. The van der Waals surface area contributed by atoms with Crippen LogP contribution in [0.2, 0.25) is 0 Å². The topological polar surface area (TPSA) is 87.2 Å². The summed E-state index contributed by atoms with van der Waals surface area (Å²) >= 11 is 0. The van der Waals surface area contributed by atoms with Crippen molar-refractivity contribution in [1.82, 2.24) is 9.97 Å². The van der Waals surface area contributed by atoms with Gasteiger partial charge in [-0.05, 0) is 43.0 Å². The summed E-state index contributed by atoms with van der Waals surface area (Å²) in [6.07, 6.45) is 3.79. The SMILES string of the molecule is CC(=O)Nc1ccc(NC(=O)c2cc(N3CCCC(C)C3)ncn2)cc1. The van der Waals surface area contributed by atoms with E-state index in [-0.39, 0.29) is 11.8 Å². The van der Waals surface area contributed by atoms with Crippen LogP contribution in [0.1, 0.15) is 37.2 Å². The van der Waals surface area contributed by atoms with E-state index < -0.39 is 0 Å². The smallest absolute Gasteiger partial charge is 0.274 e. The molecule has 1 fully saturated rings. The summed E-state index contributed by atoms with van der Waals surface area (Å²) in [6, 6.07) is 8.67. The summed E-state index contributed by atoms with van der Waals surface area (Å²) in [4.78, 5) is 34.2. The highest BCUT2D eigenvalue weighted by Crippen LogP contribution is 2.21. The average Bonchev–Trinajstić information content (AvgIpc) is 2.63. The molecular formula is C19H23N5O2. The van der Waals surface area contributed by atoms with Crippen LogP contribution in [0.25, 0.3) is 0 Å². The number of amides is 2. The minimum absolute atomic E-state index is 0.137. The number of benzene rings is 1. The van der Waals surface area contributed by atoms with E-state index >= 15 is 0 Å². The van der Waals surface area contributed by atoms with Gasteiger partial charge in [0.2, 0.25) is 5.91 Å². The fraction of sp³-hybridized carbons (Fsp3) is 0.368. The first-order valence-electron chi connectivity index (χ1n) is 8.77. The van der Waals surface area contributed by atoms with Crippen LogP contribution in [0.15, 0.2) is 36.7 Å². The monoisotopic (exact) mass is 353 g/mol. The number of nitrogens with zero attached hydrogens (tertiary/aromatic N) is 3. The summed E-state index contributed by atoms with van der Waals surface area (Å²) in [5.41, 5.74) is 1.65. The van der Waals surface area contributed by atoms with Gasteiger partial charge in [0.05, 0.1) is 0 Å². The van der Waals surface area contributed by atoms with Gasteiger partial charge in [0.1, 0.15) is 17.8 Å². The molecule has 7 heteroatoms. The van der Waals surface area contributed by atoms with E-state index in [0.717, 1.165) is 25.3 Å². The molecule has 1 aliphatic rings. The van der Waals surface area contributed by atoms with E-state index in [0.29, 0.717) is 23.0 Å². The van der Waals surface area contributed by atoms with Crippen LogP contribution in [0.4, 0.5) is 17.2 Å². The van der Waals surface area contributed by atoms with Gasteiger partial charge in [-0.25, -0.2) is 9.97 Å². The second kappa shape index (κ2) is 7.95. The number of rotatable bonds is 4. The lowest BCUT2D eigenvalue weighted by Crippen LogP contribution is -2.35. The lowest BCUT2D eigenvalue weighted by molar-refractivity contribution is -0.114. The first-order valence-corrected chi connectivity index (χ1v) is 8.77. The molecule has 1 aromatic heterocycles. The fourth-order valence-corrected chi connectivity index (χ4v) is 3.08. The Bertz CT molecular complexity index is 791. The Hall–Kier alpha value is -2.96. The Morgan fingerprint density at radius 2 is 1.81 bits per heavy atom. The fourth-order valence-electron chi connectivity index (χ4n) is 3.08. The first kappa shape index (κ1) is 17.8. The number of hydrogen-bond acceptors (Lipinski definition) is 5. The Kier molecular flexibility index (Phi) is 5.46. The minimum atomic E-state index is -0.286. The molecule has 2 aromatic rings. The molecule has 1 atom stereocenters. The summed E-state index contributed by atoms with van der Waals surface area (Å²) in [5.74, 6) is 0.990. The van der Waals surface area contributed by atoms with Gasteiger partial charge >= 0.3 is 0 Å². The minimum Gasteiger partial charge on any atom is -0.356 e. The summed E-state index contributed by atoms with van der Waals surface area (Å²) in [7, 11) is 0. The summed E-state index contributed by atoms with van der Waals surface area (Å²) in [5, 5.41) is 5.50. The van der Waals surface area contributed by atoms with E-state index in [1.54, 1.807) is 30.3 Å². The number of anilines is 3. The number of piperidine rings is 1. The van der Waals surface area contributed by atoms with Gasteiger partial charge in [0.25, 0.3) is 5.91 Å². The molecule has 2 amide bonds. The molecule has 7 nitrogen and oxygen atoms in total. The predicted octanol–water partition coefficient (Wildman–Crippen LogP) is 2.92. The van der Waals surface area contributed by atoms with Gasteiger partial charge < -0.3 is 15.5 Å². The van der Waals surface area contributed by atoms with Crippen molar-refractivity contribution in [2.45, 2.75) is 26.7 Å². The van der Waals surface area contributed by atoms with Crippen LogP contribution in [0.3, 0.4) is 0 Å². The molecule has 3 rings (SSSR count). The van der Waals surface area contributed by atoms with Crippen molar-refractivity contribution in [3.05, 3.63) is 42.4 Å². The van der Waals surface area contributed by atoms with E-state index in [9.17, 15) is 9.59 Å². The molecular weight excluding hydrogens is 330 g/mol. The largest absolute Gasteiger partial charge is 0.356 e. The number of aromatic nitrogens is 2. The van der Waals surface area contributed by atoms with Gasteiger partial charge in [-0.3, -0.25) is 9.59 Å². The normalized spacial score (nSPS) is 16.8. The van der Waals surface area contributed by atoms with Crippen LogP contribution < -0.4 is 15.5 Å². The van der Waals surface area contributed by atoms with Crippen LogP contribution in [0.5, 0.6) is 0 Å². The highest BCUT2D eigenvalue weighted by molar-refractivity contribution is 6.03. The van der Waals surface area contributed by atoms with E-state index in [1.807, 2.05) is 0 Å². The van der Waals surface area contributed by atoms with E-state index in [1.165, 1.54) is 19.7 Å². The Balaban J connectivity index is 1.68. The van der Waals surface area contributed by atoms with Gasteiger partial charge in [-0.15, -0.1) is 0 Å². The molecule has 0 radical (unpaired) electrons. The van der Waals surface area contributed by atoms with Crippen LogP contribution in [-0.4, -0.2) is 34.9 Å². The Labute approximate surface area is 152 Å². The van der Waals surface area contributed by atoms with Gasteiger partial charge in [-0.2, -0.15) is 0 Å². The van der Waals surface area contributed by atoms with E-state index in [2.05, 4.69) is 32.4 Å². The van der Waals surface area contributed by atoms with Gasteiger partial charge in [0.15, 0.2) is 0 Å². The zero-order valence-corrected chi connectivity index (χ0v) is 15.0. The zero-order valence-electron chi connectivity index (χ0n) is 15.0.